The molecule has 0 saturated carbocycles. The summed E-state index contributed by atoms with van der Waals surface area (Å²) in [6, 6.07) is 13.8. The van der Waals surface area contributed by atoms with Crippen molar-refractivity contribution in [2.75, 3.05) is 10.6 Å². The quantitative estimate of drug-likeness (QED) is 0.853. The molecule has 122 valence electrons. The van der Waals surface area contributed by atoms with Crippen molar-refractivity contribution in [2.45, 2.75) is 32.9 Å². The minimum absolute atomic E-state index is 0.233. The largest absolute Gasteiger partial charge is 0.444 e. The Bertz CT molecular complexity index is 663. The van der Waals surface area contributed by atoms with Crippen LogP contribution in [0.1, 0.15) is 26.3 Å². The summed E-state index contributed by atoms with van der Waals surface area (Å²) in [5.41, 5.74) is 1.54. The zero-order valence-corrected chi connectivity index (χ0v) is 13.5. The molecule has 2 aromatic rings. The first kappa shape index (κ1) is 16.8. The zero-order chi connectivity index (χ0) is 16.9. The maximum absolute atomic E-state index is 13.5. The molecule has 0 radical (unpaired) electrons. The monoisotopic (exact) mass is 316 g/mol. The second kappa shape index (κ2) is 7.13. The Labute approximate surface area is 135 Å². The number of amides is 1. The highest BCUT2D eigenvalue weighted by Gasteiger charge is 2.16. The third-order valence-electron chi connectivity index (χ3n) is 2.97. The topological polar surface area (TPSA) is 50.4 Å². The van der Waals surface area contributed by atoms with E-state index in [4.69, 9.17) is 4.74 Å². The number of hydrogen-bond donors (Lipinski definition) is 2. The molecule has 1 amide bonds. The van der Waals surface area contributed by atoms with Gasteiger partial charge in [-0.3, -0.25) is 5.32 Å². The van der Waals surface area contributed by atoms with Gasteiger partial charge in [0, 0.05) is 23.5 Å². The van der Waals surface area contributed by atoms with Crippen LogP contribution in [0.4, 0.5) is 20.6 Å². The van der Waals surface area contributed by atoms with E-state index in [1.165, 1.54) is 6.07 Å². The van der Waals surface area contributed by atoms with Crippen molar-refractivity contribution in [2.24, 2.45) is 0 Å². The van der Waals surface area contributed by atoms with Crippen LogP contribution in [0.5, 0.6) is 0 Å². The summed E-state index contributed by atoms with van der Waals surface area (Å²) in [5, 5.41) is 5.80. The molecule has 0 heterocycles. The Hall–Kier alpha value is -2.56. The lowest BCUT2D eigenvalue weighted by Gasteiger charge is -2.19. The molecule has 23 heavy (non-hydrogen) atoms. The maximum atomic E-state index is 13.5. The Morgan fingerprint density at radius 3 is 2.26 bits per heavy atom. The molecule has 2 aromatic carbocycles. The summed E-state index contributed by atoms with van der Waals surface area (Å²) in [6.45, 7) is 5.82. The molecule has 0 aliphatic carbocycles. The molecule has 0 unspecified atom stereocenters. The molecule has 0 bridgehead atoms. The molecule has 0 saturated heterocycles. The van der Waals surface area contributed by atoms with Crippen LogP contribution in [-0.4, -0.2) is 11.7 Å². The number of halogens is 1. The number of benzene rings is 2. The second-order valence-electron chi connectivity index (χ2n) is 6.15. The van der Waals surface area contributed by atoms with Crippen LogP contribution in [0.3, 0.4) is 0 Å². The highest BCUT2D eigenvalue weighted by Crippen LogP contribution is 2.17. The normalized spacial score (nSPS) is 11.0. The van der Waals surface area contributed by atoms with Crippen LogP contribution in [0.25, 0.3) is 0 Å². The Balaban J connectivity index is 1.90. The third-order valence-corrected chi connectivity index (χ3v) is 2.97. The van der Waals surface area contributed by atoms with E-state index >= 15 is 0 Å². The fraction of sp³-hybridized carbons (Fsp3) is 0.278. The Kier molecular flexibility index (Phi) is 5.21. The van der Waals surface area contributed by atoms with Crippen molar-refractivity contribution >= 4 is 17.5 Å². The molecule has 0 aliphatic rings. The summed E-state index contributed by atoms with van der Waals surface area (Å²) in [5.74, 6) is -0.233. The number of anilines is 2. The first-order valence-corrected chi connectivity index (χ1v) is 7.41. The van der Waals surface area contributed by atoms with Gasteiger partial charge in [-0.1, -0.05) is 18.2 Å². The number of carbonyl (C=O) groups excluding carboxylic acids is 1. The lowest BCUT2D eigenvalue weighted by molar-refractivity contribution is 0.0636. The summed E-state index contributed by atoms with van der Waals surface area (Å²) in [7, 11) is 0. The molecule has 2 N–H and O–H groups in total. The average Bonchev–Trinajstić information content (AvgIpc) is 2.46. The van der Waals surface area contributed by atoms with Gasteiger partial charge in [0.2, 0.25) is 0 Å². The molecule has 5 heteroatoms. The average molecular weight is 316 g/mol. The van der Waals surface area contributed by atoms with Gasteiger partial charge in [0.05, 0.1) is 0 Å². The van der Waals surface area contributed by atoms with E-state index in [1.54, 1.807) is 30.3 Å². The predicted octanol–water partition coefficient (Wildman–Crippen LogP) is 4.78. The summed E-state index contributed by atoms with van der Waals surface area (Å²) in [4.78, 5) is 11.7. The van der Waals surface area contributed by atoms with Crippen molar-refractivity contribution in [3.63, 3.8) is 0 Å². The van der Waals surface area contributed by atoms with E-state index in [0.717, 1.165) is 5.69 Å². The number of rotatable bonds is 4. The highest BCUT2D eigenvalue weighted by molar-refractivity contribution is 5.85. The van der Waals surface area contributed by atoms with Crippen molar-refractivity contribution in [3.8, 4) is 0 Å². The Morgan fingerprint density at radius 2 is 1.65 bits per heavy atom. The van der Waals surface area contributed by atoms with Crippen LogP contribution in [0, 0.1) is 5.82 Å². The second-order valence-corrected chi connectivity index (χ2v) is 6.15. The molecular weight excluding hydrogens is 295 g/mol. The van der Waals surface area contributed by atoms with Crippen LogP contribution in [0.15, 0.2) is 48.5 Å². The number of nitrogens with one attached hydrogen (secondary N) is 2. The van der Waals surface area contributed by atoms with Crippen LogP contribution in [-0.2, 0) is 11.3 Å². The van der Waals surface area contributed by atoms with Gasteiger partial charge in [-0.05, 0) is 51.1 Å². The minimum atomic E-state index is -0.536. The number of hydrogen-bond acceptors (Lipinski definition) is 3. The van der Waals surface area contributed by atoms with Gasteiger partial charge in [0.15, 0.2) is 0 Å². The van der Waals surface area contributed by atoms with Gasteiger partial charge in [0.25, 0.3) is 0 Å². The molecule has 0 fully saturated rings. The van der Waals surface area contributed by atoms with Crippen LogP contribution < -0.4 is 10.6 Å². The van der Waals surface area contributed by atoms with E-state index in [9.17, 15) is 9.18 Å². The SMILES string of the molecule is CC(C)(C)OC(=O)Nc1ccc(NCc2ccccc2F)cc1. The van der Waals surface area contributed by atoms with Crippen molar-refractivity contribution in [3.05, 3.63) is 59.9 Å². The third kappa shape index (κ3) is 5.62. The standard InChI is InChI=1S/C18H21FN2O2/c1-18(2,3)23-17(22)21-15-10-8-14(9-11-15)20-12-13-6-4-5-7-16(13)19/h4-11,20H,12H2,1-3H3,(H,21,22). The molecule has 4 nitrogen and oxygen atoms in total. The van der Waals surface area contributed by atoms with E-state index < -0.39 is 11.7 Å². The number of ether oxygens (including phenoxy) is 1. The van der Waals surface area contributed by atoms with Gasteiger partial charge in [-0.25, -0.2) is 9.18 Å². The fourth-order valence-corrected chi connectivity index (χ4v) is 1.93. The van der Waals surface area contributed by atoms with E-state index in [0.29, 0.717) is 17.8 Å². The number of carbonyl (C=O) groups is 1. The van der Waals surface area contributed by atoms with Gasteiger partial charge < -0.3 is 10.1 Å². The van der Waals surface area contributed by atoms with Crippen molar-refractivity contribution in [1.29, 1.82) is 0 Å². The first-order chi connectivity index (χ1) is 10.8. The van der Waals surface area contributed by atoms with E-state index in [-0.39, 0.29) is 5.82 Å². The molecular formula is C18H21FN2O2. The highest BCUT2D eigenvalue weighted by atomic mass is 19.1. The lowest BCUT2D eigenvalue weighted by atomic mass is 10.2. The molecule has 2 rings (SSSR count). The van der Waals surface area contributed by atoms with Gasteiger partial charge in [-0.2, -0.15) is 0 Å². The van der Waals surface area contributed by atoms with Crippen molar-refractivity contribution in [1.82, 2.24) is 0 Å². The molecule has 0 aliphatic heterocycles. The maximum Gasteiger partial charge on any atom is 0.412 e. The molecule has 0 spiro atoms. The van der Waals surface area contributed by atoms with Gasteiger partial charge in [0.1, 0.15) is 11.4 Å². The lowest BCUT2D eigenvalue weighted by Crippen LogP contribution is -2.27. The van der Waals surface area contributed by atoms with Gasteiger partial charge >= 0.3 is 6.09 Å². The minimum Gasteiger partial charge on any atom is -0.444 e. The molecule has 0 aromatic heterocycles. The van der Waals surface area contributed by atoms with Crippen LogP contribution >= 0.6 is 0 Å². The molecule has 0 atom stereocenters. The van der Waals surface area contributed by atoms with Crippen LogP contribution in [0.2, 0.25) is 0 Å². The van der Waals surface area contributed by atoms with Crippen molar-refractivity contribution < 1.29 is 13.9 Å². The van der Waals surface area contributed by atoms with E-state index in [1.807, 2.05) is 32.9 Å². The zero-order valence-electron chi connectivity index (χ0n) is 13.5. The fourth-order valence-electron chi connectivity index (χ4n) is 1.93. The van der Waals surface area contributed by atoms with E-state index in [2.05, 4.69) is 10.6 Å². The Morgan fingerprint density at radius 1 is 1.04 bits per heavy atom. The smallest absolute Gasteiger partial charge is 0.412 e. The predicted molar refractivity (Wildman–Crippen MR) is 90.0 cm³/mol. The summed E-state index contributed by atoms with van der Waals surface area (Å²) in [6.07, 6.45) is -0.496. The summed E-state index contributed by atoms with van der Waals surface area (Å²) >= 11 is 0. The summed E-state index contributed by atoms with van der Waals surface area (Å²) < 4.78 is 18.7. The van der Waals surface area contributed by atoms with Gasteiger partial charge in [-0.15, -0.1) is 0 Å². The first-order valence-electron chi connectivity index (χ1n) is 7.41.